The van der Waals surface area contributed by atoms with Gasteiger partial charge in [0, 0.05) is 38.0 Å². The molecule has 31 heavy (non-hydrogen) atoms. The van der Waals surface area contributed by atoms with Crippen LogP contribution in [0.1, 0.15) is 68.5 Å². The molecular formula is C23H34N4O4. The van der Waals surface area contributed by atoms with Crippen molar-refractivity contribution in [3.63, 3.8) is 0 Å². The number of rotatable bonds is 11. The molecule has 8 heteroatoms. The Bertz CT molecular complexity index is 851. The second-order valence-electron chi connectivity index (χ2n) is 8.46. The van der Waals surface area contributed by atoms with E-state index in [1.807, 2.05) is 34.7 Å². The van der Waals surface area contributed by atoms with E-state index >= 15 is 0 Å². The highest BCUT2D eigenvalue weighted by molar-refractivity contribution is 5.91. The van der Waals surface area contributed by atoms with Crippen LogP contribution in [-0.4, -0.2) is 52.1 Å². The van der Waals surface area contributed by atoms with E-state index in [2.05, 4.69) is 24.1 Å². The van der Waals surface area contributed by atoms with Crippen molar-refractivity contribution in [3.05, 3.63) is 41.9 Å². The highest BCUT2D eigenvalue weighted by Gasteiger charge is 2.23. The third kappa shape index (κ3) is 6.69. The first kappa shape index (κ1) is 23.1. The molecule has 0 bridgehead atoms. The van der Waals surface area contributed by atoms with Gasteiger partial charge < -0.3 is 23.9 Å². The van der Waals surface area contributed by atoms with Crippen molar-refractivity contribution in [1.29, 1.82) is 0 Å². The Kier molecular flexibility index (Phi) is 8.28. The van der Waals surface area contributed by atoms with Gasteiger partial charge in [-0.05, 0) is 37.3 Å². The first-order chi connectivity index (χ1) is 15.0. The van der Waals surface area contributed by atoms with Gasteiger partial charge in [0.2, 0.25) is 11.8 Å². The van der Waals surface area contributed by atoms with Gasteiger partial charge >= 0.3 is 0 Å². The van der Waals surface area contributed by atoms with E-state index in [4.69, 9.17) is 9.15 Å². The quantitative estimate of drug-likeness (QED) is 0.591. The second-order valence-corrected chi connectivity index (χ2v) is 8.46. The predicted molar refractivity (Wildman–Crippen MR) is 117 cm³/mol. The van der Waals surface area contributed by atoms with Gasteiger partial charge in [-0.3, -0.25) is 9.59 Å². The van der Waals surface area contributed by atoms with Gasteiger partial charge in [0.25, 0.3) is 5.91 Å². The fourth-order valence-electron chi connectivity index (χ4n) is 3.65. The molecule has 0 aromatic carbocycles. The monoisotopic (exact) mass is 430 g/mol. The Hall–Kier alpha value is -2.61. The third-order valence-electron chi connectivity index (χ3n) is 5.48. The van der Waals surface area contributed by atoms with Crippen LogP contribution in [0.15, 0.2) is 29.0 Å². The van der Waals surface area contributed by atoms with E-state index in [9.17, 15) is 9.59 Å². The maximum atomic E-state index is 12.5. The Morgan fingerprint density at radius 2 is 2.23 bits per heavy atom. The van der Waals surface area contributed by atoms with Crippen molar-refractivity contribution >= 4 is 11.8 Å². The van der Waals surface area contributed by atoms with Gasteiger partial charge in [-0.2, -0.15) is 0 Å². The molecule has 0 radical (unpaired) electrons. The van der Waals surface area contributed by atoms with Crippen molar-refractivity contribution in [2.24, 2.45) is 5.92 Å². The van der Waals surface area contributed by atoms with Crippen molar-refractivity contribution in [1.82, 2.24) is 19.8 Å². The summed E-state index contributed by atoms with van der Waals surface area (Å²) in [6, 6.07) is 3.94. The SMILES string of the molecule is CCC(=O)N(Cc1cccn1Cc1nc(C(=O)NCCC(C)C)co1)C[C@H]1CCCO1. The number of aromatic nitrogens is 2. The summed E-state index contributed by atoms with van der Waals surface area (Å²) >= 11 is 0. The number of hydrogen-bond donors (Lipinski definition) is 1. The number of oxazole rings is 1. The average molecular weight is 431 g/mol. The standard InChI is InChI=1S/C23H34N4O4/c1-4-22(28)27(14-19-8-6-12-30-19)13-18-7-5-11-26(18)15-21-25-20(16-31-21)23(29)24-10-9-17(2)3/h5,7,11,16-17,19H,4,6,8-10,12-15H2,1-3H3,(H,24,29)/t19-/m1/s1. The summed E-state index contributed by atoms with van der Waals surface area (Å²) in [4.78, 5) is 30.9. The van der Waals surface area contributed by atoms with Crippen LogP contribution in [0.3, 0.4) is 0 Å². The molecular weight excluding hydrogens is 396 g/mol. The van der Waals surface area contributed by atoms with E-state index < -0.39 is 0 Å². The number of hydrogen-bond acceptors (Lipinski definition) is 5. The summed E-state index contributed by atoms with van der Waals surface area (Å²) in [5, 5.41) is 2.87. The second kappa shape index (κ2) is 11.1. The van der Waals surface area contributed by atoms with Gasteiger partial charge in [0.1, 0.15) is 6.26 Å². The van der Waals surface area contributed by atoms with Gasteiger partial charge in [0.15, 0.2) is 5.69 Å². The van der Waals surface area contributed by atoms with E-state index in [-0.39, 0.29) is 23.6 Å². The number of ether oxygens (including phenoxy) is 1. The topological polar surface area (TPSA) is 89.6 Å². The Morgan fingerprint density at radius 3 is 2.94 bits per heavy atom. The van der Waals surface area contributed by atoms with Gasteiger partial charge in [0.05, 0.1) is 19.2 Å². The highest BCUT2D eigenvalue weighted by Crippen LogP contribution is 2.17. The lowest BCUT2D eigenvalue weighted by Gasteiger charge is -2.25. The Balaban J connectivity index is 1.61. The number of carbonyl (C=O) groups excluding carboxylic acids is 2. The molecule has 1 fully saturated rings. The van der Waals surface area contributed by atoms with E-state index in [1.165, 1.54) is 6.26 Å². The Labute approximate surface area is 184 Å². The van der Waals surface area contributed by atoms with Crippen molar-refractivity contribution in [3.8, 4) is 0 Å². The van der Waals surface area contributed by atoms with Crippen LogP contribution in [0.4, 0.5) is 0 Å². The predicted octanol–water partition coefficient (Wildman–Crippen LogP) is 3.22. The normalized spacial score (nSPS) is 16.1. The molecule has 0 saturated carbocycles. The van der Waals surface area contributed by atoms with Crippen molar-refractivity contribution in [2.75, 3.05) is 19.7 Å². The van der Waals surface area contributed by atoms with Crippen LogP contribution in [-0.2, 0) is 22.6 Å². The summed E-state index contributed by atoms with van der Waals surface area (Å²) in [5.41, 5.74) is 1.27. The largest absolute Gasteiger partial charge is 0.446 e. The van der Waals surface area contributed by atoms with Crippen LogP contribution < -0.4 is 5.32 Å². The van der Waals surface area contributed by atoms with Crippen molar-refractivity contribution in [2.45, 2.75) is 65.6 Å². The van der Waals surface area contributed by atoms with Gasteiger partial charge in [-0.25, -0.2) is 4.98 Å². The maximum Gasteiger partial charge on any atom is 0.273 e. The minimum absolute atomic E-state index is 0.111. The zero-order valence-electron chi connectivity index (χ0n) is 18.8. The van der Waals surface area contributed by atoms with Crippen molar-refractivity contribution < 1.29 is 18.7 Å². The van der Waals surface area contributed by atoms with Crippen LogP contribution in [0, 0.1) is 5.92 Å². The van der Waals surface area contributed by atoms with E-state index in [0.29, 0.717) is 44.4 Å². The molecule has 8 nitrogen and oxygen atoms in total. The number of carbonyl (C=O) groups is 2. The molecule has 170 valence electrons. The van der Waals surface area contributed by atoms with E-state index in [0.717, 1.165) is 31.6 Å². The molecule has 3 heterocycles. The molecule has 1 atom stereocenters. The zero-order chi connectivity index (χ0) is 22.2. The number of nitrogens with one attached hydrogen (secondary N) is 1. The lowest BCUT2D eigenvalue weighted by molar-refractivity contribution is -0.133. The van der Waals surface area contributed by atoms with Crippen LogP contribution in [0.5, 0.6) is 0 Å². The van der Waals surface area contributed by atoms with E-state index in [1.54, 1.807) is 0 Å². The molecule has 2 aromatic heterocycles. The maximum absolute atomic E-state index is 12.5. The fraction of sp³-hybridized carbons (Fsp3) is 0.609. The molecule has 1 aliphatic rings. The average Bonchev–Trinajstić information content (AvgIpc) is 3.50. The summed E-state index contributed by atoms with van der Waals surface area (Å²) < 4.78 is 13.3. The molecule has 1 saturated heterocycles. The van der Waals surface area contributed by atoms with Gasteiger partial charge in [-0.15, -0.1) is 0 Å². The first-order valence-electron chi connectivity index (χ1n) is 11.2. The third-order valence-corrected chi connectivity index (χ3v) is 5.48. The first-order valence-corrected chi connectivity index (χ1v) is 11.2. The molecule has 1 N–H and O–H groups in total. The van der Waals surface area contributed by atoms with Crippen LogP contribution >= 0.6 is 0 Å². The highest BCUT2D eigenvalue weighted by atomic mass is 16.5. The van der Waals surface area contributed by atoms with Crippen LogP contribution in [0.2, 0.25) is 0 Å². The number of amides is 2. The number of nitrogens with zero attached hydrogens (tertiary/aromatic N) is 3. The van der Waals surface area contributed by atoms with Gasteiger partial charge in [-0.1, -0.05) is 20.8 Å². The minimum atomic E-state index is -0.223. The summed E-state index contributed by atoms with van der Waals surface area (Å²) in [6.45, 7) is 9.01. The fourth-order valence-corrected chi connectivity index (χ4v) is 3.65. The molecule has 0 aliphatic carbocycles. The smallest absolute Gasteiger partial charge is 0.273 e. The lowest BCUT2D eigenvalue weighted by atomic mass is 10.1. The molecule has 0 spiro atoms. The minimum Gasteiger partial charge on any atom is -0.446 e. The molecule has 2 aromatic rings. The summed E-state index contributed by atoms with van der Waals surface area (Å²) in [7, 11) is 0. The molecule has 3 rings (SSSR count). The summed E-state index contributed by atoms with van der Waals surface area (Å²) in [5.74, 6) is 0.873. The molecule has 2 amide bonds. The zero-order valence-corrected chi connectivity index (χ0v) is 18.8. The molecule has 1 aliphatic heterocycles. The summed E-state index contributed by atoms with van der Waals surface area (Å²) in [6.07, 6.45) is 6.86. The Morgan fingerprint density at radius 1 is 1.39 bits per heavy atom. The lowest BCUT2D eigenvalue weighted by Crippen LogP contribution is -2.37. The molecule has 0 unspecified atom stereocenters. The van der Waals surface area contributed by atoms with Crippen LogP contribution in [0.25, 0.3) is 0 Å².